The Kier molecular flexibility index (Phi) is 5.20. The minimum atomic E-state index is -1.04. The topological polar surface area (TPSA) is 77.8 Å². The highest BCUT2D eigenvalue weighted by Crippen LogP contribution is 2.75. The molecule has 0 heterocycles. The minimum Gasteiger partial charge on any atom is -0.481 e. The van der Waals surface area contributed by atoms with Crippen LogP contribution in [0.5, 0.6) is 0 Å². The number of aliphatic hydroxyl groups is 2. The molecule has 5 aliphatic carbocycles. The van der Waals surface area contributed by atoms with E-state index in [4.69, 9.17) is 0 Å². The summed E-state index contributed by atoms with van der Waals surface area (Å²) in [6, 6.07) is 0. The first-order valence-electron chi connectivity index (χ1n) is 13.9. The highest BCUT2D eigenvalue weighted by Gasteiger charge is 2.71. The molecule has 4 saturated carbocycles. The average molecular weight is 473 g/mol. The zero-order valence-corrected chi connectivity index (χ0v) is 22.6. The maximum atomic E-state index is 12.8. The second-order valence-corrected chi connectivity index (χ2v) is 15.2. The van der Waals surface area contributed by atoms with E-state index in [2.05, 4.69) is 54.5 Å². The Labute approximate surface area is 206 Å². The SMILES string of the molecule is CC1(C)CC[C@]2(C(=O)O)C(O)C[C@]3(C)C(=CC[C@@H]4[C@@]5(C)CCC(O)C(C)(C)C5CC[C@]43C)[C@H]2C1. The second-order valence-electron chi connectivity index (χ2n) is 15.2. The van der Waals surface area contributed by atoms with Crippen molar-refractivity contribution in [2.75, 3.05) is 0 Å². The molecule has 0 saturated heterocycles. The summed E-state index contributed by atoms with van der Waals surface area (Å²) in [4.78, 5) is 12.8. The van der Waals surface area contributed by atoms with E-state index >= 15 is 0 Å². The molecule has 5 aliphatic rings. The lowest BCUT2D eigenvalue weighted by molar-refractivity contribution is -0.218. The molecule has 34 heavy (non-hydrogen) atoms. The molecule has 0 aliphatic heterocycles. The number of carbonyl (C=O) groups is 1. The summed E-state index contributed by atoms with van der Waals surface area (Å²) in [5.41, 5.74) is 0.295. The lowest BCUT2D eigenvalue weighted by atomic mass is 9.33. The molecule has 4 nitrogen and oxygen atoms in total. The number of aliphatic carboxylic acids is 1. The van der Waals surface area contributed by atoms with E-state index in [0.29, 0.717) is 24.7 Å². The molecule has 0 radical (unpaired) electrons. The number of aliphatic hydroxyl groups excluding tert-OH is 2. The molecule has 0 amide bonds. The Morgan fingerprint density at radius 3 is 2.18 bits per heavy atom. The predicted octanol–water partition coefficient (Wildman–Crippen LogP) is 6.20. The van der Waals surface area contributed by atoms with E-state index < -0.39 is 17.5 Å². The van der Waals surface area contributed by atoms with Gasteiger partial charge in [0.2, 0.25) is 0 Å². The van der Waals surface area contributed by atoms with Gasteiger partial charge in [-0.1, -0.05) is 60.1 Å². The van der Waals surface area contributed by atoms with Crippen molar-refractivity contribution in [3.8, 4) is 0 Å². The van der Waals surface area contributed by atoms with Crippen molar-refractivity contribution in [3.63, 3.8) is 0 Å². The van der Waals surface area contributed by atoms with E-state index in [1.807, 2.05) is 0 Å². The summed E-state index contributed by atoms with van der Waals surface area (Å²) in [5, 5.41) is 33.1. The van der Waals surface area contributed by atoms with Gasteiger partial charge in [-0.25, -0.2) is 0 Å². The molecule has 0 bridgehead atoms. The first-order chi connectivity index (χ1) is 15.6. The van der Waals surface area contributed by atoms with Crippen LogP contribution in [-0.2, 0) is 4.79 Å². The molecule has 3 N–H and O–H groups in total. The number of fused-ring (bicyclic) bond motifs is 7. The summed E-state index contributed by atoms with van der Waals surface area (Å²) >= 11 is 0. The third-order valence-electron chi connectivity index (χ3n) is 13.1. The first-order valence-corrected chi connectivity index (χ1v) is 13.9. The van der Waals surface area contributed by atoms with Crippen LogP contribution in [0.25, 0.3) is 0 Å². The summed E-state index contributed by atoms with van der Waals surface area (Å²) in [6.45, 7) is 16.4. The van der Waals surface area contributed by atoms with Gasteiger partial charge in [0.1, 0.15) is 5.41 Å². The fourth-order valence-corrected chi connectivity index (χ4v) is 10.7. The summed E-state index contributed by atoms with van der Waals surface area (Å²) < 4.78 is 0. The van der Waals surface area contributed by atoms with Crippen LogP contribution in [0.2, 0.25) is 0 Å². The predicted molar refractivity (Wildman–Crippen MR) is 134 cm³/mol. The molecular formula is C30H48O4. The van der Waals surface area contributed by atoms with Crippen molar-refractivity contribution in [2.45, 2.75) is 118 Å². The Balaban J connectivity index is 1.63. The Morgan fingerprint density at radius 2 is 1.53 bits per heavy atom. The van der Waals surface area contributed by atoms with Crippen molar-refractivity contribution in [1.29, 1.82) is 0 Å². The Bertz CT molecular complexity index is 919. The molecule has 192 valence electrons. The standard InChI is InChI=1S/C30H48O4/c1-25(2)14-15-30(24(33)34)19(16-25)18-8-9-21-27(5)12-11-22(31)26(3,4)20(27)10-13-28(21,6)29(18,7)17-23(30)32/h8,19-23,31-32H,9-17H2,1-7H3,(H,33,34)/t19-,20?,21-,22?,23?,27+,28-,29-,30-/m1/s1. The van der Waals surface area contributed by atoms with Gasteiger partial charge in [0.15, 0.2) is 0 Å². The van der Waals surface area contributed by atoms with Gasteiger partial charge in [-0.05, 0) is 103 Å². The third-order valence-corrected chi connectivity index (χ3v) is 13.1. The highest BCUT2D eigenvalue weighted by molar-refractivity contribution is 5.77. The van der Waals surface area contributed by atoms with Crippen LogP contribution in [0, 0.1) is 50.2 Å². The number of carboxylic acids is 1. The fraction of sp³-hybridized carbons (Fsp3) is 0.900. The third kappa shape index (κ3) is 2.82. The Morgan fingerprint density at radius 1 is 0.853 bits per heavy atom. The molecule has 0 aromatic carbocycles. The van der Waals surface area contributed by atoms with E-state index in [1.165, 1.54) is 5.57 Å². The lowest BCUT2D eigenvalue weighted by Gasteiger charge is -2.71. The number of carboxylic acid groups (broad SMARTS) is 1. The largest absolute Gasteiger partial charge is 0.481 e. The summed E-state index contributed by atoms with van der Waals surface area (Å²) in [5.74, 6) is 0.0888. The molecule has 5 rings (SSSR count). The van der Waals surface area contributed by atoms with Crippen LogP contribution in [0.15, 0.2) is 11.6 Å². The van der Waals surface area contributed by atoms with Gasteiger partial charge >= 0.3 is 5.97 Å². The summed E-state index contributed by atoms with van der Waals surface area (Å²) in [7, 11) is 0. The fourth-order valence-electron chi connectivity index (χ4n) is 10.7. The summed E-state index contributed by atoms with van der Waals surface area (Å²) in [6.07, 6.45) is 9.35. The van der Waals surface area contributed by atoms with Crippen LogP contribution < -0.4 is 0 Å². The lowest BCUT2D eigenvalue weighted by Crippen LogP contribution is -2.67. The van der Waals surface area contributed by atoms with Gasteiger partial charge < -0.3 is 15.3 Å². The normalized spacial score (nSPS) is 53.4. The maximum Gasteiger partial charge on any atom is 0.312 e. The van der Waals surface area contributed by atoms with Gasteiger partial charge in [-0.3, -0.25) is 4.79 Å². The van der Waals surface area contributed by atoms with Gasteiger partial charge in [-0.15, -0.1) is 0 Å². The smallest absolute Gasteiger partial charge is 0.312 e. The van der Waals surface area contributed by atoms with Crippen LogP contribution in [0.4, 0.5) is 0 Å². The monoisotopic (exact) mass is 472 g/mol. The van der Waals surface area contributed by atoms with Crippen molar-refractivity contribution in [3.05, 3.63) is 11.6 Å². The van der Waals surface area contributed by atoms with Crippen molar-refractivity contribution in [2.24, 2.45) is 50.2 Å². The van der Waals surface area contributed by atoms with Crippen molar-refractivity contribution >= 4 is 5.97 Å². The molecular weight excluding hydrogens is 424 g/mol. The zero-order valence-electron chi connectivity index (χ0n) is 22.6. The molecule has 0 aromatic rings. The van der Waals surface area contributed by atoms with Crippen LogP contribution >= 0.6 is 0 Å². The van der Waals surface area contributed by atoms with E-state index in [0.717, 1.165) is 44.9 Å². The number of hydrogen-bond acceptors (Lipinski definition) is 3. The van der Waals surface area contributed by atoms with E-state index in [9.17, 15) is 20.1 Å². The zero-order chi connectivity index (χ0) is 25.1. The second kappa shape index (κ2) is 7.12. The van der Waals surface area contributed by atoms with Crippen LogP contribution in [-0.4, -0.2) is 33.5 Å². The molecule has 0 aromatic heterocycles. The van der Waals surface area contributed by atoms with Gasteiger partial charge in [-0.2, -0.15) is 0 Å². The van der Waals surface area contributed by atoms with Crippen LogP contribution in [0.3, 0.4) is 0 Å². The molecule has 0 spiro atoms. The number of allylic oxidation sites excluding steroid dienone is 2. The van der Waals surface area contributed by atoms with E-state index in [-0.39, 0.29) is 39.1 Å². The minimum absolute atomic E-state index is 0.0218. The van der Waals surface area contributed by atoms with Crippen molar-refractivity contribution in [1.82, 2.24) is 0 Å². The molecule has 4 heteroatoms. The van der Waals surface area contributed by atoms with Gasteiger partial charge in [0.05, 0.1) is 12.2 Å². The average Bonchev–Trinajstić information content (AvgIpc) is 2.71. The molecule has 3 unspecified atom stereocenters. The number of rotatable bonds is 1. The number of hydrogen-bond donors (Lipinski definition) is 3. The molecule has 9 atom stereocenters. The van der Waals surface area contributed by atoms with Crippen LogP contribution in [0.1, 0.15) is 106 Å². The quantitative estimate of drug-likeness (QED) is 0.397. The van der Waals surface area contributed by atoms with Crippen molar-refractivity contribution < 1.29 is 20.1 Å². The maximum absolute atomic E-state index is 12.8. The Hall–Kier alpha value is -0.870. The van der Waals surface area contributed by atoms with Gasteiger partial charge in [0.25, 0.3) is 0 Å². The van der Waals surface area contributed by atoms with Gasteiger partial charge in [0, 0.05) is 0 Å². The first kappa shape index (κ1) is 24.8. The van der Waals surface area contributed by atoms with E-state index in [1.54, 1.807) is 0 Å². The molecule has 4 fully saturated rings. The highest BCUT2D eigenvalue weighted by atomic mass is 16.4.